The first-order valence-electron chi connectivity index (χ1n) is 5.35. The SMILES string of the molecule is C1CC([N-]CCC2CCCN2)C1.[K+]. The largest absolute Gasteiger partial charge is 1.00 e. The van der Waals surface area contributed by atoms with E-state index in [1.54, 1.807) is 0 Å². The normalized spacial score (nSPS) is 28.2. The zero-order valence-electron chi connectivity index (χ0n) is 8.76. The minimum atomic E-state index is 0. The van der Waals surface area contributed by atoms with E-state index in [2.05, 4.69) is 10.6 Å². The second-order valence-corrected chi connectivity index (χ2v) is 4.07. The Labute approximate surface area is 124 Å². The molecule has 1 saturated heterocycles. The maximum absolute atomic E-state index is 4.65. The van der Waals surface area contributed by atoms with Gasteiger partial charge in [-0.05, 0) is 19.4 Å². The zero-order valence-corrected chi connectivity index (χ0v) is 11.9. The van der Waals surface area contributed by atoms with Crippen LogP contribution in [0.4, 0.5) is 0 Å². The van der Waals surface area contributed by atoms with Gasteiger partial charge in [-0.3, -0.25) is 0 Å². The molecule has 0 aromatic rings. The van der Waals surface area contributed by atoms with Crippen LogP contribution >= 0.6 is 0 Å². The fraction of sp³-hybridized carbons (Fsp3) is 1.00. The van der Waals surface area contributed by atoms with Crippen molar-refractivity contribution in [3.8, 4) is 0 Å². The predicted octanol–water partition coefficient (Wildman–Crippen LogP) is -0.941. The Kier molecular flexibility index (Phi) is 6.73. The Morgan fingerprint density at radius 2 is 2.00 bits per heavy atom. The summed E-state index contributed by atoms with van der Waals surface area (Å²) in [6.07, 6.45) is 8.15. The topological polar surface area (TPSA) is 26.1 Å². The number of nitrogens with zero attached hydrogens (tertiary/aromatic N) is 1. The van der Waals surface area contributed by atoms with Crippen molar-refractivity contribution in [2.24, 2.45) is 0 Å². The molecule has 1 unspecified atom stereocenters. The molecular weight excluding hydrogens is 187 g/mol. The van der Waals surface area contributed by atoms with Crippen LogP contribution in [0.25, 0.3) is 5.32 Å². The fourth-order valence-corrected chi connectivity index (χ4v) is 1.99. The van der Waals surface area contributed by atoms with Crippen LogP contribution in [-0.4, -0.2) is 25.2 Å². The van der Waals surface area contributed by atoms with Gasteiger partial charge in [0.25, 0.3) is 0 Å². The molecule has 0 aromatic heterocycles. The first-order valence-corrected chi connectivity index (χ1v) is 5.35. The number of nitrogens with one attached hydrogen (secondary N) is 1. The monoisotopic (exact) mass is 206 g/mol. The minimum Gasteiger partial charge on any atom is -0.659 e. The molecule has 1 aliphatic heterocycles. The Morgan fingerprint density at radius 1 is 1.15 bits per heavy atom. The van der Waals surface area contributed by atoms with Gasteiger partial charge < -0.3 is 10.6 Å². The van der Waals surface area contributed by atoms with Gasteiger partial charge in [0.1, 0.15) is 0 Å². The van der Waals surface area contributed by atoms with E-state index in [9.17, 15) is 0 Å². The van der Waals surface area contributed by atoms with Crippen LogP contribution in [0.1, 0.15) is 38.5 Å². The van der Waals surface area contributed by atoms with E-state index in [4.69, 9.17) is 0 Å². The van der Waals surface area contributed by atoms with Crippen LogP contribution in [0.2, 0.25) is 0 Å². The van der Waals surface area contributed by atoms with E-state index < -0.39 is 0 Å². The summed E-state index contributed by atoms with van der Waals surface area (Å²) in [6, 6.07) is 1.53. The molecule has 2 nitrogen and oxygen atoms in total. The van der Waals surface area contributed by atoms with Gasteiger partial charge in [0.05, 0.1) is 0 Å². The van der Waals surface area contributed by atoms with E-state index in [1.165, 1.54) is 45.1 Å². The van der Waals surface area contributed by atoms with E-state index >= 15 is 0 Å². The van der Waals surface area contributed by atoms with E-state index in [0.717, 1.165) is 18.6 Å². The summed E-state index contributed by atoms with van der Waals surface area (Å²) in [5.74, 6) is 0. The van der Waals surface area contributed by atoms with E-state index in [-0.39, 0.29) is 51.4 Å². The van der Waals surface area contributed by atoms with Crippen molar-refractivity contribution in [1.29, 1.82) is 0 Å². The summed E-state index contributed by atoms with van der Waals surface area (Å²) in [4.78, 5) is 0. The molecule has 1 saturated carbocycles. The third-order valence-corrected chi connectivity index (χ3v) is 3.10. The van der Waals surface area contributed by atoms with Crippen molar-refractivity contribution in [3.05, 3.63) is 5.32 Å². The van der Waals surface area contributed by atoms with Crippen LogP contribution < -0.4 is 56.7 Å². The van der Waals surface area contributed by atoms with E-state index in [1.807, 2.05) is 0 Å². The van der Waals surface area contributed by atoms with Gasteiger partial charge >= 0.3 is 51.4 Å². The van der Waals surface area contributed by atoms with Gasteiger partial charge in [-0.25, -0.2) is 0 Å². The molecule has 0 amide bonds. The average Bonchev–Trinajstić information content (AvgIpc) is 2.46. The molecule has 13 heavy (non-hydrogen) atoms. The van der Waals surface area contributed by atoms with Crippen molar-refractivity contribution < 1.29 is 51.4 Å². The van der Waals surface area contributed by atoms with Crippen LogP contribution in [0.3, 0.4) is 0 Å². The average molecular weight is 206 g/mol. The van der Waals surface area contributed by atoms with Crippen molar-refractivity contribution in [3.63, 3.8) is 0 Å². The van der Waals surface area contributed by atoms with Crippen LogP contribution in [0.15, 0.2) is 0 Å². The van der Waals surface area contributed by atoms with Crippen LogP contribution in [0.5, 0.6) is 0 Å². The summed E-state index contributed by atoms with van der Waals surface area (Å²) < 4.78 is 0. The fourth-order valence-electron chi connectivity index (χ4n) is 1.99. The Bertz CT molecular complexity index is 131. The van der Waals surface area contributed by atoms with Gasteiger partial charge in [-0.1, -0.05) is 25.7 Å². The zero-order chi connectivity index (χ0) is 8.23. The molecule has 1 aliphatic carbocycles. The molecule has 1 N–H and O–H groups in total. The Morgan fingerprint density at radius 3 is 2.54 bits per heavy atom. The summed E-state index contributed by atoms with van der Waals surface area (Å²) in [6.45, 7) is 2.33. The van der Waals surface area contributed by atoms with Crippen LogP contribution in [0, 0.1) is 0 Å². The number of hydrogen-bond donors (Lipinski definition) is 1. The summed E-state index contributed by atoms with van der Waals surface area (Å²) in [7, 11) is 0. The van der Waals surface area contributed by atoms with Crippen molar-refractivity contribution in [2.75, 3.05) is 13.1 Å². The molecule has 1 atom stereocenters. The smallest absolute Gasteiger partial charge is 0.659 e. The first kappa shape index (κ1) is 12.6. The van der Waals surface area contributed by atoms with Gasteiger partial charge in [-0.2, -0.15) is 0 Å². The Balaban J connectivity index is 0.000000845. The van der Waals surface area contributed by atoms with Gasteiger partial charge in [0.2, 0.25) is 0 Å². The molecule has 0 aromatic carbocycles. The first-order chi connectivity index (χ1) is 5.95. The van der Waals surface area contributed by atoms with Crippen molar-refractivity contribution in [1.82, 2.24) is 5.32 Å². The van der Waals surface area contributed by atoms with Crippen LogP contribution in [-0.2, 0) is 0 Å². The molecule has 0 bridgehead atoms. The maximum Gasteiger partial charge on any atom is 1.00 e. The third-order valence-electron chi connectivity index (χ3n) is 3.10. The maximum atomic E-state index is 4.65. The predicted molar refractivity (Wildman–Crippen MR) is 51.5 cm³/mol. The molecule has 0 spiro atoms. The molecule has 1 heterocycles. The number of hydrogen-bond acceptors (Lipinski definition) is 1. The summed E-state index contributed by atoms with van der Waals surface area (Å²) in [5.41, 5.74) is 0. The van der Waals surface area contributed by atoms with E-state index in [0.29, 0.717) is 0 Å². The third kappa shape index (κ3) is 4.28. The molecular formula is C10H19KN2. The quantitative estimate of drug-likeness (QED) is 0.590. The summed E-state index contributed by atoms with van der Waals surface area (Å²) >= 11 is 0. The molecule has 3 heteroatoms. The molecule has 2 fully saturated rings. The standard InChI is InChI=1S/C10H19N2.K/c1-3-9(4-1)12-8-6-10-5-2-7-11-10;/h9-11H,1-8H2;/q-1;+1. The Hall–Kier alpha value is 1.56. The number of rotatable bonds is 4. The molecule has 2 aliphatic rings. The second-order valence-electron chi connectivity index (χ2n) is 4.07. The van der Waals surface area contributed by atoms with Gasteiger partial charge in [0, 0.05) is 6.04 Å². The van der Waals surface area contributed by atoms with Crippen molar-refractivity contribution in [2.45, 2.75) is 50.6 Å². The second kappa shape index (κ2) is 6.93. The molecule has 2 rings (SSSR count). The molecule has 0 radical (unpaired) electrons. The summed E-state index contributed by atoms with van der Waals surface area (Å²) in [5, 5.41) is 8.16. The molecule has 70 valence electrons. The minimum absolute atomic E-state index is 0. The van der Waals surface area contributed by atoms with Gasteiger partial charge in [0.15, 0.2) is 0 Å². The van der Waals surface area contributed by atoms with Crippen molar-refractivity contribution >= 4 is 0 Å². The van der Waals surface area contributed by atoms with Gasteiger partial charge in [-0.15, -0.1) is 12.6 Å².